The average Bonchev–Trinajstić information content (AvgIpc) is 2.99. The summed E-state index contributed by atoms with van der Waals surface area (Å²) in [5.74, 6) is 1.80. The molecule has 0 aromatic carbocycles. The first kappa shape index (κ1) is 11.4. The summed E-state index contributed by atoms with van der Waals surface area (Å²) in [7, 11) is 1.97. The van der Waals surface area contributed by atoms with Crippen LogP contribution in [0.15, 0.2) is 18.5 Å². The van der Waals surface area contributed by atoms with Crippen molar-refractivity contribution in [3.63, 3.8) is 0 Å². The number of rotatable bonds is 4. The van der Waals surface area contributed by atoms with Crippen LogP contribution in [0.5, 0.6) is 0 Å². The lowest BCUT2D eigenvalue weighted by atomic mass is 10.4. The second kappa shape index (κ2) is 4.53. The van der Waals surface area contributed by atoms with E-state index in [9.17, 15) is 0 Å². The van der Waals surface area contributed by atoms with Gasteiger partial charge >= 0.3 is 0 Å². The summed E-state index contributed by atoms with van der Waals surface area (Å²) in [6.45, 7) is 0.957. The van der Waals surface area contributed by atoms with Crippen molar-refractivity contribution in [1.29, 1.82) is 0 Å². The molecule has 0 aliphatic heterocycles. The molecular weight excluding hydrogens is 252 g/mol. The molecule has 0 N–H and O–H groups in total. The molecule has 6 nitrogen and oxygen atoms in total. The summed E-state index contributed by atoms with van der Waals surface area (Å²) in [6, 6.07) is 1.81. The van der Waals surface area contributed by atoms with Gasteiger partial charge in [-0.2, -0.15) is 20.1 Å². The van der Waals surface area contributed by atoms with Gasteiger partial charge in [-0.15, -0.1) is 0 Å². The van der Waals surface area contributed by atoms with Crippen LogP contribution >= 0.6 is 11.6 Å². The third kappa shape index (κ3) is 2.43. The van der Waals surface area contributed by atoms with Crippen molar-refractivity contribution in [2.45, 2.75) is 12.8 Å². The quantitative estimate of drug-likeness (QED) is 0.839. The maximum Gasteiger partial charge on any atom is 0.256 e. The second-order valence-corrected chi connectivity index (χ2v) is 4.82. The summed E-state index contributed by atoms with van der Waals surface area (Å²) in [5.41, 5.74) is 0. The van der Waals surface area contributed by atoms with Crippen LogP contribution in [0.3, 0.4) is 0 Å². The Hall–Kier alpha value is -1.69. The van der Waals surface area contributed by atoms with Crippen LogP contribution < -0.4 is 4.90 Å². The van der Waals surface area contributed by atoms with Gasteiger partial charge in [0.2, 0.25) is 11.2 Å². The molecule has 1 aliphatic carbocycles. The van der Waals surface area contributed by atoms with E-state index in [1.54, 1.807) is 17.1 Å². The molecule has 2 aromatic heterocycles. The number of aromatic nitrogens is 5. The fraction of sp³-hybridized carbons (Fsp3) is 0.455. The summed E-state index contributed by atoms with van der Waals surface area (Å²) < 4.78 is 1.57. The van der Waals surface area contributed by atoms with Crippen LogP contribution in [-0.2, 0) is 0 Å². The lowest BCUT2D eigenvalue weighted by Gasteiger charge is -2.16. The standard InChI is InChI=1S/C11H13ClN6/c1-17(7-8-3-4-8)10-14-9(12)15-11(16-10)18-6-2-5-13-18/h2,5-6,8H,3-4,7H2,1H3. The molecule has 0 atom stereocenters. The Morgan fingerprint density at radius 1 is 1.39 bits per heavy atom. The first-order chi connectivity index (χ1) is 8.72. The Bertz CT molecular complexity index is 536. The lowest BCUT2D eigenvalue weighted by Crippen LogP contribution is -2.23. The van der Waals surface area contributed by atoms with E-state index in [-0.39, 0.29) is 5.28 Å². The fourth-order valence-electron chi connectivity index (χ4n) is 1.76. The van der Waals surface area contributed by atoms with Crippen LogP contribution in [0, 0.1) is 5.92 Å². The molecule has 1 saturated carbocycles. The molecule has 0 spiro atoms. The number of hydrogen-bond acceptors (Lipinski definition) is 5. The summed E-state index contributed by atoms with van der Waals surface area (Å²) in [6.07, 6.45) is 6.02. The largest absolute Gasteiger partial charge is 0.343 e. The fourth-order valence-corrected chi connectivity index (χ4v) is 1.91. The van der Waals surface area contributed by atoms with Gasteiger partial charge in [0.05, 0.1) is 0 Å². The Morgan fingerprint density at radius 3 is 2.89 bits per heavy atom. The van der Waals surface area contributed by atoms with E-state index in [2.05, 4.69) is 20.1 Å². The monoisotopic (exact) mass is 264 g/mol. The Morgan fingerprint density at radius 2 is 2.22 bits per heavy atom. The van der Waals surface area contributed by atoms with Gasteiger partial charge < -0.3 is 4.90 Å². The Kier molecular flexibility index (Phi) is 2.87. The van der Waals surface area contributed by atoms with Crippen LogP contribution in [0.1, 0.15) is 12.8 Å². The van der Waals surface area contributed by atoms with Crippen molar-refractivity contribution >= 4 is 17.5 Å². The Balaban J connectivity index is 1.89. The zero-order chi connectivity index (χ0) is 12.5. The first-order valence-electron chi connectivity index (χ1n) is 5.85. The van der Waals surface area contributed by atoms with Crippen molar-refractivity contribution in [2.24, 2.45) is 5.92 Å². The molecule has 0 unspecified atom stereocenters. The maximum atomic E-state index is 5.93. The van der Waals surface area contributed by atoms with Crippen molar-refractivity contribution in [3.05, 3.63) is 23.7 Å². The van der Waals surface area contributed by atoms with E-state index in [4.69, 9.17) is 11.6 Å². The zero-order valence-corrected chi connectivity index (χ0v) is 10.7. The number of anilines is 1. The minimum absolute atomic E-state index is 0.188. The summed E-state index contributed by atoms with van der Waals surface area (Å²) in [4.78, 5) is 14.6. The smallest absolute Gasteiger partial charge is 0.256 e. The van der Waals surface area contributed by atoms with E-state index < -0.39 is 0 Å². The van der Waals surface area contributed by atoms with Crippen molar-refractivity contribution in [1.82, 2.24) is 24.7 Å². The minimum atomic E-state index is 0.188. The van der Waals surface area contributed by atoms with Gasteiger partial charge in [0.15, 0.2) is 0 Å². The molecule has 2 heterocycles. The average molecular weight is 265 g/mol. The van der Waals surface area contributed by atoms with Gasteiger partial charge in [-0.3, -0.25) is 0 Å². The molecule has 0 bridgehead atoms. The number of nitrogens with zero attached hydrogens (tertiary/aromatic N) is 6. The van der Waals surface area contributed by atoms with Crippen molar-refractivity contribution in [3.8, 4) is 5.95 Å². The SMILES string of the molecule is CN(CC1CC1)c1nc(Cl)nc(-n2cccn2)n1. The number of halogens is 1. The van der Waals surface area contributed by atoms with Gasteiger partial charge in [0, 0.05) is 26.0 Å². The van der Waals surface area contributed by atoms with E-state index in [1.165, 1.54) is 12.8 Å². The van der Waals surface area contributed by atoms with Crippen molar-refractivity contribution in [2.75, 3.05) is 18.5 Å². The summed E-state index contributed by atoms with van der Waals surface area (Å²) >= 11 is 5.93. The summed E-state index contributed by atoms with van der Waals surface area (Å²) in [5, 5.41) is 4.28. The molecule has 7 heteroatoms. The van der Waals surface area contributed by atoms with Crippen LogP contribution in [0.25, 0.3) is 5.95 Å². The topological polar surface area (TPSA) is 59.7 Å². The highest BCUT2D eigenvalue weighted by Crippen LogP contribution is 2.30. The third-order valence-electron chi connectivity index (χ3n) is 2.86. The molecule has 1 aliphatic rings. The minimum Gasteiger partial charge on any atom is -0.343 e. The van der Waals surface area contributed by atoms with Gasteiger partial charge in [0.1, 0.15) is 0 Å². The highest BCUT2D eigenvalue weighted by Gasteiger charge is 2.24. The predicted molar refractivity (Wildman–Crippen MR) is 68.0 cm³/mol. The molecule has 0 amide bonds. The highest BCUT2D eigenvalue weighted by atomic mass is 35.5. The van der Waals surface area contributed by atoms with E-state index >= 15 is 0 Å². The molecular formula is C11H13ClN6. The molecule has 1 fully saturated rings. The number of hydrogen-bond donors (Lipinski definition) is 0. The van der Waals surface area contributed by atoms with E-state index in [0.717, 1.165) is 12.5 Å². The van der Waals surface area contributed by atoms with E-state index in [1.807, 2.05) is 18.0 Å². The van der Waals surface area contributed by atoms with Gasteiger partial charge in [-0.05, 0) is 36.4 Å². The van der Waals surface area contributed by atoms with Crippen LogP contribution in [0.2, 0.25) is 5.28 Å². The molecule has 0 saturated heterocycles. The Labute approximate surface area is 110 Å². The zero-order valence-electron chi connectivity index (χ0n) is 9.99. The molecule has 2 aromatic rings. The molecule has 0 radical (unpaired) electrons. The van der Waals surface area contributed by atoms with Crippen molar-refractivity contribution < 1.29 is 0 Å². The van der Waals surface area contributed by atoms with Crippen LogP contribution in [-0.4, -0.2) is 38.3 Å². The highest BCUT2D eigenvalue weighted by molar-refractivity contribution is 6.28. The van der Waals surface area contributed by atoms with Gasteiger partial charge in [-0.25, -0.2) is 4.68 Å². The molecule has 18 heavy (non-hydrogen) atoms. The lowest BCUT2D eigenvalue weighted by molar-refractivity contribution is 0.739. The van der Waals surface area contributed by atoms with Gasteiger partial charge in [0.25, 0.3) is 5.95 Å². The first-order valence-corrected chi connectivity index (χ1v) is 6.23. The second-order valence-electron chi connectivity index (χ2n) is 4.48. The third-order valence-corrected chi connectivity index (χ3v) is 3.03. The van der Waals surface area contributed by atoms with Gasteiger partial charge in [-0.1, -0.05) is 0 Å². The predicted octanol–water partition coefficient (Wildman–Crippen LogP) is 1.56. The van der Waals surface area contributed by atoms with E-state index in [0.29, 0.717) is 11.9 Å². The maximum absolute atomic E-state index is 5.93. The van der Waals surface area contributed by atoms with Crippen LogP contribution in [0.4, 0.5) is 5.95 Å². The molecule has 94 valence electrons. The normalized spacial score (nSPS) is 14.8. The molecule has 3 rings (SSSR count).